The van der Waals surface area contributed by atoms with Crippen LogP contribution in [0.15, 0.2) is 60.7 Å². The first-order valence-electron chi connectivity index (χ1n) is 12.4. The Bertz CT molecular complexity index is 1280. The van der Waals surface area contributed by atoms with Gasteiger partial charge in [0.1, 0.15) is 12.6 Å². The predicted molar refractivity (Wildman–Crippen MR) is 143 cm³/mol. The Morgan fingerprint density at radius 2 is 1.70 bits per heavy atom. The fourth-order valence-corrected chi connectivity index (χ4v) is 5.47. The predicted octanol–water partition coefficient (Wildman–Crippen LogP) is 5.02. The number of carboxylic acids is 1. The highest BCUT2D eigenvalue weighted by atomic mass is 35.5. The highest BCUT2D eigenvalue weighted by Crippen LogP contribution is 2.44. The van der Waals surface area contributed by atoms with Crippen LogP contribution in [0.4, 0.5) is 10.5 Å². The van der Waals surface area contributed by atoms with Crippen molar-refractivity contribution >= 4 is 29.4 Å². The van der Waals surface area contributed by atoms with Gasteiger partial charge in [0.25, 0.3) is 0 Å². The van der Waals surface area contributed by atoms with Crippen molar-refractivity contribution in [3.05, 3.63) is 87.9 Å². The van der Waals surface area contributed by atoms with Gasteiger partial charge in [0.05, 0.1) is 13.2 Å². The third-order valence-corrected chi connectivity index (χ3v) is 7.43. The zero-order valence-electron chi connectivity index (χ0n) is 20.6. The molecule has 1 aliphatic carbocycles. The Morgan fingerprint density at radius 1 is 1.08 bits per heavy atom. The van der Waals surface area contributed by atoms with E-state index >= 15 is 0 Å². The second-order valence-electron chi connectivity index (χ2n) is 9.39. The number of benzene rings is 3. The summed E-state index contributed by atoms with van der Waals surface area (Å²) in [6, 6.07) is 18.7. The number of hydrogen-bond acceptors (Lipinski definition) is 5. The topological polar surface area (TPSA) is 88.1 Å². The molecule has 1 amide bonds. The fraction of sp³-hybridized carbons (Fsp3) is 0.310. The number of fused-ring (bicyclic) bond motifs is 3. The molecule has 3 aromatic rings. The molecule has 1 heterocycles. The van der Waals surface area contributed by atoms with Crippen molar-refractivity contribution < 1.29 is 24.2 Å². The summed E-state index contributed by atoms with van der Waals surface area (Å²) in [4.78, 5) is 26.9. The first kappa shape index (κ1) is 25.1. The van der Waals surface area contributed by atoms with E-state index in [2.05, 4.69) is 22.3 Å². The van der Waals surface area contributed by atoms with Crippen LogP contribution in [0.3, 0.4) is 0 Å². The van der Waals surface area contributed by atoms with Gasteiger partial charge in [0.2, 0.25) is 0 Å². The third-order valence-electron chi connectivity index (χ3n) is 7.07. The molecule has 5 rings (SSSR count). The number of nitrogens with one attached hydrogen (secondary N) is 1. The maximum Gasteiger partial charge on any atom is 0.407 e. The van der Waals surface area contributed by atoms with Crippen molar-refractivity contribution in [3.63, 3.8) is 0 Å². The number of halogens is 1. The fourth-order valence-electron chi connectivity index (χ4n) is 5.23. The van der Waals surface area contributed by atoms with Gasteiger partial charge < -0.3 is 24.8 Å². The number of anilines is 1. The van der Waals surface area contributed by atoms with Gasteiger partial charge in [-0.25, -0.2) is 9.59 Å². The van der Waals surface area contributed by atoms with Gasteiger partial charge in [0, 0.05) is 36.1 Å². The Labute approximate surface area is 221 Å². The molecule has 1 saturated heterocycles. The number of carboxylic acid groups (broad SMARTS) is 1. The Hall–Kier alpha value is -3.55. The Balaban J connectivity index is 1.25. The number of aliphatic carboxylic acids is 1. The first-order chi connectivity index (χ1) is 17.9. The molecule has 1 fully saturated rings. The number of hydrogen-bond donors (Lipinski definition) is 2. The van der Waals surface area contributed by atoms with E-state index in [-0.39, 0.29) is 18.9 Å². The van der Waals surface area contributed by atoms with Crippen molar-refractivity contribution in [2.45, 2.75) is 25.3 Å². The van der Waals surface area contributed by atoms with Crippen molar-refractivity contribution in [3.8, 4) is 11.1 Å². The number of ether oxygens (including phenoxy) is 2. The lowest BCUT2D eigenvalue weighted by Crippen LogP contribution is -2.43. The molecule has 0 saturated carbocycles. The molecular weight excluding hydrogens is 492 g/mol. The number of carbonyl (C=O) groups is 2. The summed E-state index contributed by atoms with van der Waals surface area (Å²) in [5.41, 5.74) is 7.09. The molecule has 8 heteroatoms. The SMILES string of the molecule is Cc1cc(CC(NC(=O)OCC2c3ccccc3-c3ccccc32)C(=O)O)c(Cl)cc1N1CCOCC1. The van der Waals surface area contributed by atoms with Gasteiger partial charge in [-0.1, -0.05) is 66.2 Å². The minimum Gasteiger partial charge on any atom is -0.480 e. The summed E-state index contributed by atoms with van der Waals surface area (Å²) in [5, 5.41) is 12.8. The van der Waals surface area contributed by atoms with Crippen LogP contribution in [0.1, 0.15) is 28.2 Å². The third kappa shape index (κ3) is 5.29. The highest BCUT2D eigenvalue weighted by molar-refractivity contribution is 6.31. The van der Waals surface area contributed by atoms with E-state index in [1.807, 2.05) is 55.5 Å². The number of alkyl carbamates (subject to hydrolysis) is 1. The van der Waals surface area contributed by atoms with Crippen molar-refractivity contribution in [1.29, 1.82) is 0 Å². The van der Waals surface area contributed by atoms with Crippen molar-refractivity contribution in [2.75, 3.05) is 37.8 Å². The molecule has 7 nitrogen and oxygen atoms in total. The number of nitrogens with zero attached hydrogens (tertiary/aromatic N) is 1. The smallest absolute Gasteiger partial charge is 0.407 e. The molecule has 2 N–H and O–H groups in total. The van der Waals surface area contributed by atoms with Crippen molar-refractivity contribution in [1.82, 2.24) is 5.32 Å². The molecule has 1 atom stereocenters. The normalized spacial score (nSPS) is 15.6. The Kier molecular flexibility index (Phi) is 7.35. The maximum atomic E-state index is 12.7. The molecule has 192 valence electrons. The number of rotatable bonds is 7. The van der Waals surface area contributed by atoms with E-state index in [0.29, 0.717) is 23.8 Å². The quantitative estimate of drug-likeness (QED) is 0.455. The molecule has 37 heavy (non-hydrogen) atoms. The molecule has 0 aromatic heterocycles. The second-order valence-corrected chi connectivity index (χ2v) is 9.80. The second kappa shape index (κ2) is 10.8. The number of morpholine rings is 1. The molecule has 1 unspecified atom stereocenters. The van der Waals surface area contributed by atoms with Crippen molar-refractivity contribution in [2.24, 2.45) is 0 Å². The van der Waals surface area contributed by atoms with Gasteiger partial charge in [-0.15, -0.1) is 0 Å². The Morgan fingerprint density at radius 3 is 2.32 bits per heavy atom. The van der Waals surface area contributed by atoms with E-state index in [9.17, 15) is 14.7 Å². The van der Waals surface area contributed by atoms with E-state index in [1.54, 1.807) is 0 Å². The molecular formula is C29H29ClN2O5. The highest BCUT2D eigenvalue weighted by Gasteiger charge is 2.30. The molecule has 0 radical (unpaired) electrons. The monoisotopic (exact) mass is 520 g/mol. The molecule has 2 aliphatic rings. The van der Waals surface area contributed by atoms with E-state index < -0.39 is 18.1 Å². The van der Waals surface area contributed by atoms with Crippen LogP contribution in [0.5, 0.6) is 0 Å². The summed E-state index contributed by atoms with van der Waals surface area (Å²) in [6.07, 6.45) is -0.727. The summed E-state index contributed by atoms with van der Waals surface area (Å²) < 4.78 is 11.0. The van der Waals surface area contributed by atoms with Crippen LogP contribution in [0, 0.1) is 6.92 Å². The zero-order valence-corrected chi connectivity index (χ0v) is 21.3. The van der Waals surface area contributed by atoms with Crippen LogP contribution >= 0.6 is 11.6 Å². The van der Waals surface area contributed by atoms with Crippen LogP contribution in [0.25, 0.3) is 11.1 Å². The van der Waals surface area contributed by atoms with E-state index in [1.165, 1.54) is 0 Å². The standard InChI is InChI=1S/C29H29ClN2O5/c1-18-14-19(25(30)16-27(18)32-10-12-36-13-11-32)15-26(28(33)34)31-29(35)37-17-24-22-8-4-2-6-20(22)21-7-3-5-9-23(21)24/h2-9,14,16,24,26H,10-13,15,17H2,1H3,(H,31,35)(H,33,34). The maximum absolute atomic E-state index is 12.7. The van der Waals surface area contributed by atoms with Gasteiger partial charge in [-0.2, -0.15) is 0 Å². The number of carbonyl (C=O) groups excluding carboxylic acids is 1. The lowest BCUT2D eigenvalue weighted by atomic mass is 9.98. The summed E-state index contributed by atoms with van der Waals surface area (Å²) in [7, 11) is 0. The minimum atomic E-state index is -1.18. The largest absolute Gasteiger partial charge is 0.480 e. The molecule has 1 aliphatic heterocycles. The number of amides is 1. The number of aryl methyl sites for hydroxylation is 1. The average molecular weight is 521 g/mol. The average Bonchev–Trinajstić information content (AvgIpc) is 3.23. The van der Waals surface area contributed by atoms with Crippen LogP contribution < -0.4 is 10.2 Å². The van der Waals surface area contributed by atoms with Gasteiger partial charge in [0.15, 0.2) is 0 Å². The van der Waals surface area contributed by atoms with Gasteiger partial charge in [-0.3, -0.25) is 0 Å². The first-order valence-corrected chi connectivity index (χ1v) is 12.8. The zero-order chi connectivity index (χ0) is 25.9. The van der Waals surface area contributed by atoms with Crippen LogP contribution in [0.2, 0.25) is 5.02 Å². The van der Waals surface area contributed by atoms with Crippen LogP contribution in [-0.4, -0.2) is 56.1 Å². The minimum absolute atomic E-state index is 0.0442. The van der Waals surface area contributed by atoms with E-state index in [0.717, 1.165) is 46.6 Å². The summed E-state index contributed by atoms with van der Waals surface area (Å²) in [6.45, 7) is 4.95. The lowest BCUT2D eigenvalue weighted by molar-refractivity contribution is -0.139. The molecule has 0 spiro atoms. The van der Waals surface area contributed by atoms with Gasteiger partial charge >= 0.3 is 12.1 Å². The summed E-state index contributed by atoms with van der Waals surface area (Å²) >= 11 is 6.55. The molecule has 3 aromatic carbocycles. The lowest BCUT2D eigenvalue weighted by Gasteiger charge is -2.30. The summed E-state index contributed by atoms with van der Waals surface area (Å²) in [5.74, 6) is -1.26. The van der Waals surface area contributed by atoms with Gasteiger partial charge in [-0.05, 0) is 46.4 Å². The van der Waals surface area contributed by atoms with E-state index in [4.69, 9.17) is 21.1 Å². The molecule has 0 bridgehead atoms. The van der Waals surface area contributed by atoms with Crippen LogP contribution in [-0.2, 0) is 20.7 Å².